The molecule has 0 aliphatic carbocycles. The standard InChI is InChI=1S/C24H19ClN6/c1-16-9-11-18(12-10-16)29-21-7-2-3-8-22(21)30-23-20-14-28-31(24(20)27-15-26-23)19-6-4-5-17(25)13-19/h2-15,29H,1H3,(H,26,27,30). The van der Waals surface area contributed by atoms with Crippen LogP contribution in [0.25, 0.3) is 16.7 Å². The molecule has 31 heavy (non-hydrogen) atoms. The maximum Gasteiger partial charge on any atom is 0.168 e. The van der Waals surface area contributed by atoms with Crippen molar-refractivity contribution >= 4 is 45.5 Å². The van der Waals surface area contributed by atoms with Crippen molar-refractivity contribution in [2.75, 3.05) is 10.6 Å². The molecule has 6 nitrogen and oxygen atoms in total. The molecular formula is C24H19ClN6. The SMILES string of the molecule is Cc1ccc(Nc2ccccc2Nc2ncnc3c2cnn3-c2cccc(Cl)c2)cc1. The fraction of sp³-hybridized carbons (Fsp3) is 0.0417. The number of halogens is 1. The van der Waals surface area contributed by atoms with E-state index in [9.17, 15) is 0 Å². The molecule has 0 radical (unpaired) electrons. The van der Waals surface area contributed by atoms with Gasteiger partial charge in [0.1, 0.15) is 12.1 Å². The maximum absolute atomic E-state index is 6.15. The number of nitrogens with zero attached hydrogens (tertiary/aromatic N) is 4. The van der Waals surface area contributed by atoms with Gasteiger partial charge >= 0.3 is 0 Å². The van der Waals surface area contributed by atoms with Gasteiger partial charge in [0.15, 0.2) is 5.65 Å². The van der Waals surface area contributed by atoms with Crippen molar-refractivity contribution in [3.8, 4) is 5.69 Å². The van der Waals surface area contributed by atoms with Gasteiger partial charge in [-0.1, -0.05) is 47.5 Å². The van der Waals surface area contributed by atoms with Gasteiger partial charge in [0, 0.05) is 10.7 Å². The van der Waals surface area contributed by atoms with Gasteiger partial charge in [0.25, 0.3) is 0 Å². The van der Waals surface area contributed by atoms with Crippen molar-refractivity contribution in [2.24, 2.45) is 0 Å². The summed E-state index contributed by atoms with van der Waals surface area (Å²) < 4.78 is 1.75. The zero-order valence-electron chi connectivity index (χ0n) is 16.7. The number of aromatic nitrogens is 4. The number of aryl methyl sites for hydroxylation is 1. The Balaban J connectivity index is 1.50. The van der Waals surface area contributed by atoms with Crippen molar-refractivity contribution in [3.63, 3.8) is 0 Å². The second-order valence-electron chi connectivity index (χ2n) is 7.16. The summed E-state index contributed by atoms with van der Waals surface area (Å²) in [6.45, 7) is 2.07. The summed E-state index contributed by atoms with van der Waals surface area (Å²) in [6.07, 6.45) is 3.29. The average Bonchev–Trinajstić information content (AvgIpc) is 3.22. The predicted octanol–water partition coefficient (Wildman–Crippen LogP) is 6.26. The van der Waals surface area contributed by atoms with Gasteiger partial charge in [-0.2, -0.15) is 5.10 Å². The van der Waals surface area contributed by atoms with Gasteiger partial charge < -0.3 is 10.6 Å². The van der Waals surface area contributed by atoms with Gasteiger partial charge in [-0.25, -0.2) is 14.6 Å². The van der Waals surface area contributed by atoms with Crippen molar-refractivity contribution < 1.29 is 0 Å². The molecule has 0 aliphatic rings. The molecule has 0 aliphatic heterocycles. The lowest BCUT2D eigenvalue weighted by atomic mass is 10.2. The van der Waals surface area contributed by atoms with Crippen LogP contribution >= 0.6 is 11.6 Å². The minimum atomic E-state index is 0.643. The van der Waals surface area contributed by atoms with Crippen LogP contribution in [0.2, 0.25) is 5.02 Å². The Labute approximate surface area is 184 Å². The molecule has 0 bridgehead atoms. The largest absolute Gasteiger partial charge is 0.354 e. The van der Waals surface area contributed by atoms with Crippen LogP contribution in [-0.4, -0.2) is 19.7 Å². The number of rotatable bonds is 5. The zero-order valence-corrected chi connectivity index (χ0v) is 17.5. The first-order chi connectivity index (χ1) is 15.2. The smallest absolute Gasteiger partial charge is 0.168 e. The van der Waals surface area contributed by atoms with E-state index in [1.807, 2.05) is 48.5 Å². The van der Waals surface area contributed by atoms with Gasteiger partial charge in [0.05, 0.1) is 28.6 Å². The number of anilines is 4. The second-order valence-corrected chi connectivity index (χ2v) is 7.59. The van der Waals surface area contributed by atoms with Crippen LogP contribution < -0.4 is 10.6 Å². The molecular weight excluding hydrogens is 408 g/mol. The molecule has 2 N–H and O–H groups in total. The van der Waals surface area contributed by atoms with E-state index in [0.29, 0.717) is 16.5 Å². The third-order valence-corrected chi connectivity index (χ3v) is 5.16. The van der Waals surface area contributed by atoms with Crippen molar-refractivity contribution in [1.82, 2.24) is 19.7 Å². The minimum absolute atomic E-state index is 0.643. The number of para-hydroxylation sites is 2. The molecule has 0 spiro atoms. The second kappa shape index (κ2) is 8.08. The molecule has 7 heteroatoms. The molecule has 0 fully saturated rings. The molecule has 0 unspecified atom stereocenters. The van der Waals surface area contributed by atoms with Crippen LogP contribution in [-0.2, 0) is 0 Å². The minimum Gasteiger partial charge on any atom is -0.354 e. The van der Waals surface area contributed by atoms with E-state index in [-0.39, 0.29) is 0 Å². The summed E-state index contributed by atoms with van der Waals surface area (Å²) in [7, 11) is 0. The third-order valence-electron chi connectivity index (χ3n) is 4.93. The lowest BCUT2D eigenvalue weighted by Crippen LogP contribution is -2.01. The highest BCUT2D eigenvalue weighted by Gasteiger charge is 2.13. The van der Waals surface area contributed by atoms with Crippen molar-refractivity contribution in [1.29, 1.82) is 0 Å². The fourth-order valence-corrected chi connectivity index (χ4v) is 3.55. The van der Waals surface area contributed by atoms with Crippen molar-refractivity contribution in [3.05, 3.63) is 95.9 Å². The summed E-state index contributed by atoms with van der Waals surface area (Å²) in [6, 6.07) is 23.8. The van der Waals surface area contributed by atoms with E-state index in [2.05, 4.69) is 56.9 Å². The third kappa shape index (κ3) is 3.93. The Morgan fingerprint density at radius 1 is 0.839 bits per heavy atom. The number of hydrogen-bond acceptors (Lipinski definition) is 5. The van der Waals surface area contributed by atoms with Gasteiger partial charge in [0.2, 0.25) is 0 Å². The Hall–Kier alpha value is -3.90. The maximum atomic E-state index is 6.15. The van der Waals surface area contributed by atoms with Gasteiger partial charge in [-0.3, -0.25) is 0 Å². The number of nitrogens with one attached hydrogen (secondary N) is 2. The van der Waals surface area contributed by atoms with Crippen LogP contribution in [0.4, 0.5) is 22.9 Å². The van der Waals surface area contributed by atoms with E-state index in [1.54, 1.807) is 10.9 Å². The predicted molar refractivity (Wildman–Crippen MR) is 126 cm³/mol. The molecule has 0 atom stereocenters. The summed E-state index contributed by atoms with van der Waals surface area (Å²) in [5.41, 5.74) is 5.62. The lowest BCUT2D eigenvalue weighted by molar-refractivity contribution is 0.895. The quantitative estimate of drug-likeness (QED) is 0.347. The molecule has 3 aromatic carbocycles. The Kier molecular flexibility index (Phi) is 4.98. The lowest BCUT2D eigenvalue weighted by Gasteiger charge is -2.14. The molecule has 0 saturated carbocycles. The first kappa shape index (κ1) is 19.1. The molecule has 5 rings (SSSR count). The molecule has 2 aromatic heterocycles. The summed E-state index contributed by atoms with van der Waals surface area (Å²) in [5.74, 6) is 0.677. The molecule has 0 saturated heterocycles. The highest BCUT2D eigenvalue weighted by Crippen LogP contribution is 2.30. The van der Waals surface area contributed by atoms with Crippen LogP contribution in [0.3, 0.4) is 0 Å². The highest BCUT2D eigenvalue weighted by atomic mass is 35.5. The Morgan fingerprint density at radius 2 is 1.61 bits per heavy atom. The molecule has 5 aromatic rings. The Morgan fingerprint density at radius 3 is 2.39 bits per heavy atom. The van der Waals surface area contributed by atoms with Crippen LogP contribution in [0.5, 0.6) is 0 Å². The van der Waals surface area contributed by atoms with E-state index >= 15 is 0 Å². The first-order valence-electron chi connectivity index (χ1n) is 9.82. The van der Waals surface area contributed by atoms with Gasteiger partial charge in [-0.05, 0) is 49.4 Å². The van der Waals surface area contributed by atoms with Gasteiger partial charge in [-0.15, -0.1) is 0 Å². The molecule has 2 heterocycles. The number of hydrogen-bond donors (Lipinski definition) is 2. The zero-order chi connectivity index (χ0) is 21.2. The van der Waals surface area contributed by atoms with E-state index in [1.165, 1.54) is 11.9 Å². The Bertz CT molecular complexity index is 1360. The molecule has 152 valence electrons. The topological polar surface area (TPSA) is 67.7 Å². The monoisotopic (exact) mass is 426 g/mol. The molecule has 0 amide bonds. The fourth-order valence-electron chi connectivity index (χ4n) is 3.36. The van der Waals surface area contributed by atoms with Crippen LogP contribution in [0, 0.1) is 6.92 Å². The van der Waals surface area contributed by atoms with E-state index in [4.69, 9.17) is 11.6 Å². The number of benzene rings is 3. The number of fused-ring (bicyclic) bond motifs is 1. The van der Waals surface area contributed by atoms with Crippen LogP contribution in [0.15, 0.2) is 85.3 Å². The normalized spacial score (nSPS) is 10.9. The van der Waals surface area contributed by atoms with Crippen molar-refractivity contribution in [2.45, 2.75) is 6.92 Å². The van der Waals surface area contributed by atoms with Crippen LogP contribution in [0.1, 0.15) is 5.56 Å². The van der Waals surface area contributed by atoms with E-state index in [0.717, 1.165) is 28.1 Å². The highest BCUT2D eigenvalue weighted by molar-refractivity contribution is 6.30. The van der Waals surface area contributed by atoms with E-state index < -0.39 is 0 Å². The summed E-state index contributed by atoms with van der Waals surface area (Å²) in [4.78, 5) is 8.90. The average molecular weight is 427 g/mol. The first-order valence-corrected chi connectivity index (χ1v) is 10.2. The summed E-state index contributed by atoms with van der Waals surface area (Å²) in [5, 5.41) is 12.9. The summed E-state index contributed by atoms with van der Waals surface area (Å²) >= 11 is 6.15.